The minimum atomic E-state index is -0.839. The average Bonchev–Trinajstić information content (AvgIpc) is 2.28. The Bertz CT molecular complexity index is 415. The lowest BCUT2D eigenvalue weighted by Crippen LogP contribution is -2.28. The van der Waals surface area contributed by atoms with Gasteiger partial charge in [-0.3, -0.25) is 4.79 Å². The lowest BCUT2D eigenvalue weighted by Gasteiger charge is -2.09. The lowest BCUT2D eigenvalue weighted by molar-refractivity contribution is -0.136. The molecule has 0 fully saturated rings. The summed E-state index contributed by atoms with van der Waals surface area (Å²) in [6.45, 7) is 4.17. The van der Waals surface area contributed by atoms with Gasteiger partial charge in [-0.05, 0) is 29.9 Å². The van der Waals surface area contributed by atoms with E-state index in [-0.39, 0.29) is 6.42 Å². The highest BCUT2D eigenvalue weighted by atomic mass is 32.1. The molecule has 0 heterocycles. The monoisotopic (exact) mass is 250 g/mol. The number of thiocarbonyl (C=S) groups is 1. The third kappa shape index (κ3) is 5.12. The second-order valence-corrected chi connectivity index (χ2v) is 3.80. The fourth-order valence-corrected chi connectivity index (χ4v) is 1.42. The Hall–Kier alpha value is -1.88. The molecule has 0 amide bonds. The van der Waals surface area contributed by atoms with Crippen LogP contribution in [0.15, 0.2) is 36.9 Å². The number of hydrogen-bond donors (Lipinski definition) is 3. The van der Waals surface area contributed by atoms with E-state index in [1.54, 1.807) is 30.3 Å². The number of anilines is 1. The van der Waals surface area contributed by atoms with Crippen LogP contribution in [0, 0.1) is 0 Å². The molecule has 5 heteroatoms. The SMILES string of the molecule is C=CCNC(=S)Nc1ccc(CC(=O)O)cc1. The summed E-state index contributed by atoms with van der Waals surface area (Å²) < 4.78 is 0. The van der Waals surface area contributed by atoms with Crippen molar-refractivity contribution in [2.24, 2.45) is 0 Å². The van der Waals surface area contributed by atoms with Gasteiger partial charge in [0.25, 0.3) is 0 Å². The van der Waals surface area contributed by atoms with Crippen molar-refractivity contribution in [2.75, 3.05) is 11.9 Å². The molecular formula is C12H14N2O2S. The third-order valence-corrected chi connectivity index (χ3v) is 2.22. The topological polar surface area (TPSA) is 61.4 Å². The van der Waals surface area contributed by atoms with Gasteiger partial charge in [0.15, 0.2) is 5.11 Å². The highest BCUT2D eigenvalue weighted by Gasteiger charge is 2.00. The van der Waals surface area contributed by atoms with E-state index in [4.69, 9.17) is 17.3 Å². The van der Waals surface area contributed by atoms with Crippen LogP contribution in [0.1, 0.15) is 5.56 Å². The van der Waals surface area contributed by atoms with Crippen molar-refractivity contribution in [1.29, 1.82) is 0 Å². The van der Waals surface area contributed by atoms with Crippen LogP contribution in [0.4, 0.5) is 5.69 Å². The summed E-state index contributed by atoms with van der Waals surface area (Å²) in [5.41, 5.74) is 1.58. The molecular weight excluding hydrogens is 236 g/mol. The van der Waals surface area contributed by atoms with E-state index in [9.17, 15) is 4.79 Å². The second kappa shape index (κ2) is 6.65. The zero-order chi connectivity index (χ0) is 12.7. The van der Waals surface area contributed by atoms with Gasteiger partial charge < -0.3 is 15.7 Å². The van der Waals surface area contributed by atoms with E-state index < -0.39 is 5.97 Å². The molecule has 1 rings (SSSR count). The number of rotatable bonds is 5. The highest BCUT2D eigenvalue weighted by molar-refractivity contribution is 7.80. The fraction of sp³-hybridized carbons (Fsp3) is 0.167. The first-order valence-corrected chi connectivity index (χ1v) is 5.49. The molecule has 1 aromatic carbocycles. The number of carbonyl (C=O) groups is 1. The van der Waals surface area contributed by atoms with Crippen molar-refractivity contribution in [3.05, 3.63) is 42.5 Å². The molecule has 0 aromatic heterocycles. The van der Waals surface area contributed by atoms with Gasteiger partial charge in [0.1, 0.15) is 0 Å². The van der Waals surface area contributed by atoms with Gasteiger partial charge in [0.05, 0.1) is 6.42 Å². The van der Waals surface area contributed by atoms with Gasteiger partial charge >= 0.3 is 5.97 Å². The van der Waals surface area contributed by atoms with Crippen molar-refractivity contribution in [1.82, 2.24) is 5.32 Å². The number of nitrogens with one attached hydrogen (secondary N) is 2. The van der Waals surface area contributed by atoms with E-state index in [0.29, 0.717) is 11.7 Å². The van der Waals surface area contributed by atoms with Crippen LogP contribution >= 0.6 is 12.2 Å². The quantitative estimate of drug-likeness (QED) is 0.549. The van der Waals surface area contributed by atoms with Gasteiger partial charge in [0.2, 0.25) is 0 Å². The zero-order valence-electron chi connectivity index (χ0n) is 9.27. The van der Waals surface area contributed by atoms with E-state index in [1.807, 2.05) is 0 Å². The molecule has 0 spiro atoms. The summed E-state index contributed by atoms with van der Waals surface area (Å²) in [5, 5.41) is 15.1. The predicted molar refractivity (Wildman–Crippen MR) is 72.2 cm³/mol. The first-order valence-electron chi connectivity index (χ1n) is 5.08. The molecule has 0 bridgehead atoms. The van der Waals surface area contributed by atoms with Crippen molar-refractivity contribution in [3.8, 4) is 0 Å². The van der Waals surface area contributed by atoms with Gasteiger partial charge in [-0.15, -0.1) is 6.58 Å². The van der Waals surface area contributed by atoms with Crippen molar-refractivity contribution in [2.45, 2.75) is 6.42 Å². The van der Waals surface area contributed by atoms with Gasteiger partial charge in [0, 0.05) is 12.2 Å². The Morgan fingerprint density at radius 1 is 1.41 bits per heavy atom. The van der Waals surface area contributed by atoms with E-state index in [1.165, 1.54) is 0 Å². The minimum absolute atomic E-state index is 0.0272. The fourth-order valence-electron chi connectivity index (χ4n) is 1.22. The summed E-state index contributed by atoms with van der Waals surface area (Å²) in [6, 6.07) is 7.10. The molecule has 0 atom stereocenters. The van der Waals surface area contributed by atoms with Crippen molar-refractivity contribution < 1.29 is 9.90 Å². The molecule has 1 aromatic rings. The lowest BCUT2D eigenvalue weighted by atomic mass is 10.1. The Morgan fingerprint density at radius 3 is 2.59 bits per heavy atom. The van der Waals surface area contributed by atoms with Crippen LogP contribution in [-0.4, -0.2) is 22.7 Å². The van der Waals surface area contributed by atoms with Crippen LogP contribution in [-0.2, 0) is 11.2 Å². The second-order valence-electron chi connectivity index (χ2n) is 3.39. The van der Waals surface area contributed by atoms with E-state index in [2.05, 4.69) is 17.2 Å². The highest BCUT2D eigenvalue weighted by Crippen LogP contribution is 2.09. The van der Waals surface area contributed by atoms with E-state index in [0.717, 1.165) is 11.3 Å². The molecule has 0 radical (unpaired) electrons. The largest absolute Gasteiger partial charge is 0.481 e. The Morgan fingerprint density at radius 2 is 2.06 bits per heavy atom. The van der Waals surface area contributed by atoms with Crippen LogP contribution < -0.4 is 10.6 Å². The standard InChI is InChI=1S/C12H14N2O2S/c1-2-7-13-12(17)14-10-5-3-9(4-6-10)8-11(15)16/h2-6H,1,7-8H2,(H,15,16)(H2,13,14,17). The number of hydrogen-bond acceptors (Lipinski definition) is 2. The molecule has 4 nitrogen and oxygen atoms in total. The minimum Gasteiger partial charge on any atom is -0.481 e. The molecule has 0 saturated carbocycles. The van der Waals surface area contributed by atoms with Gasteiger partial charge in [-0.2, -0.15) is 0 Å². The summed E-state index contributed by atoms with van der Waals surface area (Å²) in [5.74, 6) is -0.839. The third-order valence-electron chi connectivity index (χ3n) is 1.97. The van der Waals surface area contributed by atoms with Crippen LogP contribution in [0.25, 0.3) is 0 Å². The maximum atomic E-state index is 10.5. The smallest absolute Gasteiger partial charge is 0.307 e. The summed E-state index contributed by atoms with van der Waals surface area (Å²) in [4.78, 5) is 10.5. The maximum Gasteiger partial charge on any atom is 0.307 e. The summed E-state index contributed by atoms with van der Waals surface area (Å²) >= 11 is 5.04. The normalized spacial score (nSPS) is 9.41. The molecule has 90 valence electrons. The summed E-state index contributed by atoms with van der Waals surface area (Å²) in [7, 11) is 0. The molecule has 0 aliphatic rings. The summed E-state index contributed by atoms with van der Waals surface area (Å²) in [6.07, 6.45) is 1.74. The van der Waals surface area contributed by atoms with Gasteiger partial charge in [-0.25, -0.2) is 0 Å². The Labute approximate surface area is 105 Å². The number of aliphatic carboxylic acids is 1. The average molecular weight is 250 g/mol. The molecule has 3 N–H and O–H groups in total. The van der Waals surface area contributed by atoms with Gasteiger partial charge in [-0.1, -0.05) is 18.2 Å². The van der Waals surface area contributed by atoms with Crippen LogP contribution in [0.5, 0.6) is 0 Å². The number of benzene rings is 1. The first kappa shape index (κ1) is 13.2. The van der Waals surface area contributed by atoms with Crippen LogP contribution in [0.2, 0.25) is 0 Å². The predicted octanol–water partition coefficient (Wildman–Crippen LogP) is 1.79. The maximum absolute atomic E-state index is 10.5. The molecule has 0 unspecified atom stereocenters. The Kier molecular flexibility index (Phi) is 5.16. The molecule has 0 aliphatic carbocycles. The van der Waals surface area contributed by atoms with Crippen molar-refractivity contribution in [3.63, 3.8) is 0 Å². The Balaban J connectivity index is 2.53. The molecule has 17 heavy (non-hydrogen) atoms. The van der Waals surface area contributed by atoms with Crippen LogP contribution in [0.3, 0.4) is 0 Å². The van der Waals surface area contributed by atoms with E-state index >= 15 is 0 Å². The van der Waals surface area contributed by atoms with Crippen molar-refractivity contribution >= 4 is 29.0 Å². The molecule has 0 saturated heterocycles. The number of carboxylic acid groups (broad SMARTS) is 1. The zero-order valence-corrected chi connectivity index (χ0v) is 10.1. The number of carboxylic acids is 1. The molecule has 0 aliphatic heterocycles. The first-order chi connectivity index (χ1) is 8.11.